The van der Waals surface area contributed by atoms with Crippen LogP contribution in [0.25, 0.3) is 0 Å². The summed E-state index contributed by atoms with van der Waals surface area (Å²) < 4.78 is 4.57. The normalized spacial score (nSPS) is 11.8. The molecule has 0 radical (unpaired) electrons. The predicted molar refractivity (Wildman–Crippen MR) is 40.7 cm³/mol. The van der Waals surface area contributed by atoms with Crippen molar-refractivity contribution in [2.75, 3.05) is 0 Å². The molecule has 0 saturated carbocycles. The zero-order valence-corrected chi connectivity index (χ0v) is 6.52. The smallest absolute Gasteiger partial charge is 0.334 e. The molecule has 0 aromatic carbocycles. The Morgan fingerprint density at radius 1 is 1.80 bits per heavy atom. The highest BCUT2D eigenvalue weighted by Gasteiger charge is 2.06. The van der Waals surface area contributed by atoms with Gasteiger partial charge in [0.15, 0.2) is 5.56 Å². The molecule has 10 heavy (non-hydrogen) atoms. The van der Waals surface area contributed by atoms with Crippen molar-refractivity contribution in [1.29, 1.82) is 0 Å². The monoisotopic (exact) mass is 160 g/mol. The van der Waals surface area contributed by atoms with E-state index >= 15 is 0 Å². The largest absolute Gasteiger partial charge is 0.439 e. The molecule has 3 heteroatoms. The molecular formula is C7H9ClO2. The van der Waals surface area contributed by atoms with E-state index in [0.717, 1.165) is 0 Å². The molecule has 0 bridgehead atoms. The Morgan fingerprint density at radius 2 is 2.30 bits per heavy atom. The molecule has 0 fully saturated rings. The lowest BCUT2D eigenvalue weighted by molar-refractivity contribution is -0.139. The van der Waals surface area contributed by atoms with E-state index in [1.165, 1.54) is 6.08 Å². The summed E-state index contributed by atoms with van der Waals surface area (Å²) >= 11 is 5.40. The van der Waals surface area contributed by atoms with E-state index in [1.807, 2.05) is 0 Å². The van der Waals surface area contributed by atoms with Gasteiger partial charge in [-0.3, -0.25) is 0 Å². The van der Waals surface area contributed by atoms with Gasteiger partial charge in [0, 0.05) is 5.57 Å². The van der Waals surface area contributed by atoms with E-state index in [0.29, 0.717) is 5.57 Å². The highest BCUT2D eigenvalue weighted by molar-refractivity contribution is 6.21. The van der Waals surface area contributed by atoms with Crippen LogP contribution in [0, 0.1) is 0 Å². The number of halogens is 1. The summed E-state index contributed by atoms with van der Waals surface area (Å²) in [7, 11) is 0. The van der Waals surface area contributed by atoms with Gasteiger partial charge in [-0.2, -0.15) is 0 Å². The summed E-state index contributed by atoms with van der Waals surface area (Å²) in [5.41, 5.74) is -0.434. The first-order valence-corrected chi connectivity index (χ1v) is 3.14. The van der Waals surface area contributed by atoms with Gasteiger partial charge in [-0.15, -0.1) is 0 Å². The van der Waals surface area contributed by atoms with Crippen LogP contribution in [0.15, 0.2) is 24.8 Å². The molecule has 1 atom stereocenters. The van der Waals surface area contributed by atoms with Gasteiger partial charge in [-0.25, -0.2) is 4.79 Å². The van der Waals surface area contributed by atoms with Gasteiger partial charge in [0.1, 0.15) is 0 Å². The molecule has 0 aromatic heterocycles. The van der Waals surface area contributed by atoms with Crippen molar-refractivity contribution < 1.29 is 9.53 Å². The number of carbonyl (C=O) groups excluding carboxylic acids is 1. The first kappa shape index (κ1) is 9.24. The lowest BCUT2D eigenvalue weighted by Gasteiger charge is -2.04. The summed E-state index contributed by atoms with van der Waals surface area (Å²) in [5.74, 6) is -0.500. The lowest BCUT2D eigenvalue weighted by atomic mass is 10.4. The summed E-state index contributed by atoms with van der Waals surface area (Å²) in [5, 5.41) is 0. The number of carbonyl (C=O) groups is 1. The molecule has 1 unspecified atom stereocenters. The Hall–Kier alpha value is -0.760. The Morgan fingerprint density at radius 3 is 2.60 bits per heavy atom. The molecule has 0 N–H and O–H groups in total. The van der Waals surface area contributed by atoms with Crippen molar-refractivity contribution in [3.05, 3.63) is 24.8 Å². The number of hydrogen-bond donors (Lipinski definition) is 0. The van der Waals surface area contributed by atoms with Crippen molar-refractivity contribution in [1.82, 2.24) is 0 Å². The van der Waals surface area contributed by atoms with E-state index in [2.05, 4.69) is 17.9 Å². The third-order valence-electron chi connectivity index (χ3n) is 0.753. The number of hydrogen-bond acceptors (Lipinski definition) is 2. The molecule has 56 valence electrons. The maximum Gasteiger partial charge on any atom is 0.334 e. The Labute approximate surface area is 65.1 Å². The van der Waals surface area contributed by atoms with Crippen molar-refractivity contribution in [2.45, 2.75) is 12.5 Å². The van der Waals surface area contributed by atoms with Crippen LogP contribution in [0.5, 0.6) is 0 Å². The Balaban J connectivity index is 3.79. The van der Waals surface area contributed by atoms with Crippen molar-refractivity contribution >= 4 is 17.6 Å². The molecular weight excluding hydrogens is 152 g/mol. The third-order valence-corrected chi connectivity index (χ3v) is 1.02. The summed E-state index contributed by atoms with van der Waals surface area (Å²) in [6, 6.07) is 0. The zero-order chi connectivity index (χ0) is 8.15. The van der Waals surface area contributed by atoms with Gasteiger partial charge < -0.3 is 4.74 Å². The molecule has 0 heterocycles. The minimum absolute atomic E-state index is 0.326. The van der Waals surface area contributed by atoms with Gasteiger partial charge >= 0.3 is 5.97 Å². The van der Waals surface area contributed by atoms with Crippen molar-refractivity contribution in [3.63, 3.8) is 0 Å². The van der Waals surface area contributed by atoms with Crippen LogP contribution in [0.2, 0.25) is 0 Å². The standard InChI is InChI=1S/C7H9ClO2/c1-4-6(8)10-7(9)5(2)3/h4,6H,1-2H2,3H3. The molecule has 0 aliphatic rings. The minimum Gasteiger partial charge on any atom is -0.439 e. The highest BCUT2D eigenvalue weighted by Crippen LogP contribution is 2.02. The van der Waals surface area contributed by atoms with Gasteiger partial charge in [-0.1, -0.05) is 24.8 Å². The van der Waals surface area contributed by atoms with Crippen LogP contribution in [0.3, 0.4) is 0 Å². The highest BCUT2D eigenvalue weighted by atomic mass is 35.5. The first-order valence-electron chi connectivity index (χ1n) is 2.71. The maximum atomic E-state index is 10.7. The van der Waals surface area contributed by atoms with Crippen LogP contribution in [0.1, 0.15) is 6.92 Å². The third kappa shape index (κ3) is 3.30. The van der Waals surface area contributed by atoms with E-state index in [-0.39, 0.29) is 0 Å². The van der Waals surface area contributed by atoms with Crippen LogP contribution in [-0.4, -0.2) is 11.5 Å². The zero-order valence-electron chi connectivity index (χ0n) is 5.76. The van der Waals surface area contributed by atoms with E-state index < -0.39 is 11.5 Å². The van der Waals surface area contributed by atoms with E-state index in [1.54, 1.807) is 6.92 Å². The van der Waals surface area contributed by atoms with Crippen LogP contribution < -0.4 is 0 Å². The quantitative estimate of drug-likeness (QED) is 0.273. The number of esters is 1. The van der Waals surface area contributed by atoms with Crippen molar-refractivity contribution in [3.8, 4) is 0 Å². The average Bonchev–Trinajstić information content (AvgIpc) is 1.87. The second kappa shape index (κ2) is 4.12. The summed E-state index contributed by atoms with van der Waals surface area (Å²) in [6.45, 7) is 8.26. The van der Waals surface area contributed by atoms with Crippen LogP contribution in [-0.2, 0) is 9.53 Å². The molecule has 0 amide bonds. The number of alkyl halides is 1. The Bertz CT molecular complexity index is 163. The topological polar surface area (TPSA) is 26.3 Å². The Kier molecular flexibility index (Phi) is 3.81. The second-order valence-electron chi connectivity index (χ2n) is 1.77. The van der Waals surface area contributed by atoms with Crippen molar-refractivity contribution in [2.24, 2.45) is 0 Å². The maximum absolute atomic E-state index is 10.7. The molecule has 0 aromatic rings. The number of rotatable bonds is 3. The number of ether oxygens (including phenoxy) is 1. The second-order valence-corrected chi connectivity index (χ2v) is 2.20. The molecule has 0 spiro atoms. The predicted octanol–water partition coefficient (Wildman–Crippen LogP) is 1.86. The van der Waals surface area contributed by atoms with Gasteiger partial charge in [0.25, 0.3) is 0 Å². The van der Waals surface area contributed by atoms with Crippen LogP contribution in [0.4, 0.5) is 0 Å². The van der Waals surface area contributed by atoms with Gasteiger partial charge in [0.05, 0.1) is 0 Å². The van der Waals surface area contributed by atoms with Crippen LogP contribution >= 0.6 is 11.6 Å². The molecule has 0 rings (SSSR count). The van der Waals surface area contributed by atoms with Gasteiger partial charge in [0.2, 0.25) is 0 Å². The molecule has 2 nitrogen and oxygen atoms in total. The fourth-order valence-electron chi connectivity index (χ4n) is 0.251. The minimum atomic E-state index is -0.760. The average molecular weight is 161 g/mol. The summed E-state index contributed by atoms with van der Waals surface area (Å²) in [4.78, 5) is 10.7. The SMILES string of the molecule is C=CC(Cl)OC(=O)C(=C)C. The summed E-state index contributed by atoms with van der Waals surface area (Å²) in [6.07, 6.45) is 1.32. The van der Waals surface area contributed by atoms with E-state index in [4.69, 9.17) is 11.6 Å². The first-order chi connectivity index (χ1) is 4.57. The molecule has 0 saturated heterocycles. The van der Waals surface area contributed by atoms with E-state index in [9.17, 15) is 4.79 Å². The fraction of sp³-hybridized carbons (Fsp3) is 0.286. The van der Waals surface area contributed by atoms with Gasteiger partial charge in [-0.05, 0) is 13.0 Å². The fourth-order valence-corrected chi connectivity index (χ4v) is 0.332. The lowest BCUT2D eigenvalue weighted by Crippen LogP contribution is -2.10. The molecule has 0 aliphatic heterocycles. The molecule has 0 aliphatic carbocycles.